The first-order chi connectivity index (χ1) is 19.0. The van der Waals surface area contributed by atoms with Gasteiger partial charge in [-0.1, -0.05) is 103 Å². The first-order valence-electron chi connectivity index (χ1n) is 13.6. The van der Waals surface area contributed by atoms with Crippen LogP contribution in [0.3, 0.4) is 0 Å². The van der Waals surface area contributed by atoms with Crippen molar-refractivity contribution in [2.75, 3.05) is 6.61 Å². The van der Waals surface area contributed by atoms with E-state index in [9.17, 15) is 9.90 Å². The first-order valence-corrected chi connectivity index (χ1v) is 15.2. The van der Waals surface area contributed by atoms with E-state index in [4.69, 9.17) is 4.74 Å². The SMILES string of the molecule is C=C(C)C(C)(C)CCOc1ccc([N+]2=C(O)C(Sc3ccc(C)cc3)=C(Sc3ccc(C)cc3)C2=O)cc1.CC. The molecule has 40 heavy (non-hydrogen) atoms. The summed E-state index contributed by atoms with van der Waals surface area (Å²) < 4.78 is 7.33. The highest BCUT2D eigenvalue weighted by molar-refractivity contribution is 8.08. The quantitative estimate of drug-likeness (QED) is 0.193. The molecule has 0 radical (unpaired) electrons. The van der Waals surface area contributed by atoms with Gasteiger partial charge < -0.3 is 9.84 Å². The number of aryl methyl sites for hydroxylation is 2. The maximum atomic E-state index is 13.7. The molecule has 0 bridgehead atoms. The summed E-state index contributed by atoms with van der Waals surface area (Å²) in [6.07, 6.45) is 0.854. The number of benzene rings is 3. The fourth-order valence-electron chi connectivity index (χ4n) is 3.70. The smallest absolute Gasteiger partial charge is 0.436 e. The molecular weight excluding hydrogens is 535 g/mol. The van der Waals surface area contributed by atoms with Crippen molar-refractivity contribution in [3.63, 3.8) is 0 Å². The monoisotopic (exact) mass is 574 g/mol. The number of carbonyl (C=O) groups is 1. The Morgan fingerprint density at radius 3 is 1.80 bits per heavy atom. The van der Waals surface area contributed by atoms with E-state index in [0.717, 1.165) is 32.9 Å². The molecule has 0 aliphatic carbocycles. The van der Waals surface area contributed by atoms with Gasteiger partial charge in [0.2, 0.25) is 5.69 Å². The number of nitrogens with zero attached hydrogens (tertiary/aromatic N) is 1. The number of ether oxygens (including phenoxy) is 1. The molecule has 1 aliphatic heterocycles. The van der Waals surface area contributed by atoms with Gasteiger partial charge in [0.1, 0.15) is 10.7 Å². The molecule has 1 heterocycles. The van der Waals surface area contributed by atoms with Gasteiger partial charge in [-0.3, -0.25) is 0 Å². The average Bonchev–Trinajstić information content (AvgIpc) is 3.16. The van der Waals surface area contributed by atoms with Gasteiger partial charge in [-0.05, 0) is 69.0 Å². The molecule has 0 unspecified atom stereocenters. The third-order valence-electron chi connectivity index (χ3n) is 6.75. The summed E-state index contributed by atoms with van der Waals surface area (Å²) in [5.41, 5.74) is 4.02. The van der Waals surface area contributed by atoms with Crippen LogP contribution in [-0.2, 0) is 4.79 Å². The third kappa shape index (κ3) is 7.70. The van der Waals surface area contributed by atoms with E-state index in [1.54, 1.807) is 12.1 Å². The summed E-state index contributed by atoms with van der Waals surface area (Å²) >= 11 is 2.77. The number of aliphatic hydroxyl groups is 1. The molecule has 3 aromatic carbocycles. The van der Waals surface area contributed by atoms with Crippen LogP contribution in [0.2, 0.25) is 0 Å². The van der Waals surface area contributed by atoms with Gasteiger partial charge in [-0.15, -0.1) is 0 Å². The van der Waals surface area contributed by atoms with E-state index in [1.807, 2.05) is 95.3 Å². The Morgan fingerprint density at radius 2 is 1.32 bits per heavy atom. The summed E-state index contributed by atoms with van der Waals surface area (Å²) in [5.74, 6) is 0.403. The zero-order valence-corrected chi connectivity index (χ0v) is 26.2. The van der Waals surface area contributed by atoms with E-state index in [-0.39, 0.29) is 17.2 Å². The van der Waals surface area contributed by atoms with Crippen molar-refractivity contribution >= 4 is 41.0 Å². The highest BCUT2D eigenvalue weighted by atomic mass is 32.2. The zero-order valence-electron chi connectivity index (χ0n) is 24.6. The van der Waals surface area contributed by atoms with Crippen molar-refractivity contribution in [3.8, 4) is 5.75 Å². The lowest BCUT2D eigenvalue weighted by Crippen LogP contribution is -2.17. The van der Waals surface area contributed by atoms with Crippen LogP contribution < -0.4 is 4.74 Å². The maximum Gasteiger partial charge on any atom is 0.436 e. The standard InChI is InChI=1S/C32H33NO3S2.C2H6/c1-21(2)32(5,6)19-20-36-25-13-11-24(12-14-25)33-30(34)28(37-26-15-7-22(3)8-16-26)29(31(33)35)38-27-17-9-23(4)10-18-27;1-2/h7-18H,1,19-20H2,2-6H3;1-2H3/p+1. The van der Waals surface area contributed by atoms with Crippen LogP contribution in [0.4, 0.5) is 5.69 Å². The molecule has 4 nitrogen and oxygen atoms in total. The van der Waals surface area contributed by atoms with Crippen molar-refractivity contribution in [1.29, 1.82) is 0 Å². The first kappa shape index (κ1) is 31.3. The van der Waals surface area contributed by atoms with Crippen molar-refractivity contribution < 1.29 is 19.2 Å². The van der Waals surface area contributed by atoms with E-state index in [0.29, 0.717) is 27.9 Å². The van der Waals surface area contributed by atoms with Crippen LogP contribution >= 0.6 is 23.5 Å². The molecule has 4 rings (SSSR count). The van der Waals surface area contributed by atoms with E-state index >= 15 is 0 Å². The molecular formula is C34H40NO3S2+. The summed E-state index contributed by atoms with van der Waals surface area (Å²) in [5, 5.41) is 11.3. The highest BCUT2D eigenvalue weighted by Gasteiger charge is 2.43. The van der Waals surface area contributed by atoms with Gasteiger partial charge in [-0.25, -0.2) is 4.79 Å². The molecule has 6 heteroatoms. The zero-order chi connectivity index (χ0) is 29.4. The Balaban J connectivity index is 0.00000216. The Kier molecular flexibility index (Phi) is 10.9. The van der Waals surface area contributed by atoms with Gasteiger partial charge in [0.05, 0.1) is 6.61 Å². The molecule has 1 N–H and O–H groups in total. The largest absolute Gasteiger partial charge is 0.494 e. The summed E-state index contributed by atoms with van der Waals surface area (Å²) in [6.45, 7) is 19.0. The summed E-state index contributed by atoms with van der Waals surface area (Å²) in [6, 6.07) is 23.4. The number of thioether (sulfide) groups is 2. The lowest BCUT2D eigenvalue weighted by Gasteiger charge is -2.24. The van der Waals surface area contributed by atoms with Gasteiger partial charge in [0.15, 0.2) is 4.91 Å². The lowest BCUT2D eigenvalue weighted by molar-refractivity contribution is -0.366. The van der Waals surface area contributed by atoms with Crippen LogP contribution in [-0.4, -0.2) is 28.1 Å². The van der Waals surface area contributed by atoms with E-state index < -0.39 is 0 Å². The number of hydrogen-bond acceptors (Lipinski definition) is 4. The van der Waals surface area contributed by atoms with Gasteiger partial charge >= 0.3 is 11.8 Å². The number of hydrogen-bond donors (Lipinski definition) is 1. The minimum atomic E-state index is -0.250. The van der Waals surface area contributed by atoms with Crippen LogP contribution in [0, 0.1) is 19.3 Å². The topological polar surface area (TPSA) is 49.5 Å². The minimum absolute atomic E-state index is 0.00532. The molecule has 1 aliphatic rings. The molecule has 0 aromatic heterocycles. The average molecular weight is 575 g/mol. The number of amides is 1. The normalized spacial score (nSPS) is 13.3. The second-order valence-corrected chi connectivity index (χ2v) is 12.4. The fourth-order valence-corrected chi connectivity index (χ4v) is 5.69. The second kappa shape index (κ2) is 13.9. The molecule has 0 saturated carbocycles. The van der Waals surface area contributed by atoms with Crippen molar-refractivity contribution in [2.45, 2.75) is 64.7 Å². The predicted octanol–water partition coefficient (Wildman–Crippen LogP) is 9.64. The van der Waals surface area contributed by atoms with Crippen LogP contribution in [0.5, 0.6) is 5.75 Å². The number of carbonyl (C=O) groups excluding carboxylic acids is 1. The van der Waals surface area contributed by atoms with Gasteiger partial charge in [-0.2, -0.15) is 0 Å². The Hall–Kier alpha value is -3.22. The van der Waals surface area contributed by atoms with Crippen molar-refractivity contribution in [1.82, 2.24) is 0 Å². The van der Waals surface area contributed by atoms with Crippen LogP contribution in [0.1, 0.15) is 52.2 Å². The van der Waals surface area contributed by atoms with Crippen molar-refractivity contribution in [2.24, 2.45) is 5.41 Å². The molecule has 0 atom stereocenters. The van der Waals surface area contributed by atoms with E-state index in [1.165, 1.54) is 28.1 Å². The fraction of sp³-hybridized carbons (Fsp3) is 0.294. The lowest BCUT2D eigenvalue weighted by atomic mass is 9.83. The predicted molar refractivity (Wildman–Crippen MR) is 170 cm³/mol. The minimum Gasteiger partial charge on any atom is -0.494 e. The van der Waals surface area contributed by atoms with Crippen LogP contribution in [0.25, 0.3) is 0 Å². The number of allylic oxidation sites excluding steroid dienone is 1. The Morgan fingerprint density at radius 1 is 0.850 bits per heavy atom. The van der Waals surface area contributed by atoms with Gasteiger partial charge in [0, 0.05) is 21.9 Å². The van der Waals surface area contributed by atoms with Crippen LogP contribution in [0.15, 0.2) is 105 Å². The van der Waals surface area contributed by atoms with Crippen molar-refractivity contribution in [3.05, 3.63) is 106 Å². The molecule has 0 saturated heterocycles. The third-order valence-corrected chi connectivity index (χ3v) is 9.06. The summed E-state index contributed by atoms with van der Waals surface area (Å²) in [4.78, 5) is 16.6. The van der Waals surface area contributed by atoms with Gasteiger partial charge in [0.25, 0.3) is 0 Å². The highest BCUT2D eigenvalue weighted by Crippen LogP contribution is 2.42. The molecule has 0 fully saturated rings. The molecule has 1 amide bonds. The Bertz CT molecular complexity index is 1400. The molecule has 0 spiro atoms. The summed E-state index contributed by atoms with van der Waals surface area (Å²) in [7, 11) is 0. The molecule has 210 valence electrons. The maximum absolute atomic E-state index is 13.7. The number of rotatable bonds is 10. The number of aliphatic hydroxyl groups excluding tert-OH is 1. The molecule has 3 aromatic rings. The Labute approximate surface area is 247 Å². The van der Waals surface area contributed by atoms with E-state index in [2.05, 4.69) is 20.4 Å². The second-order valence-electron chi connectivity index (χ2n) is 10.2.